The minimum atomic E-state index is -1.03. The van der Waals surface area contributed by atoms with Crippen molar-refractivity contribution in [3.8, 4) is 0 Å². The molecule has 0 radical (unpaired) electrons. The number of amides is 1. The summed E-state index contributed by atoms with van der Waals surface area (Å²) < 4.78 is 19.0. The molecule has 1 N–H and O–H groups in total. The highest BCUT2D eigenvalue weighted by Gasteiger charge is 2.37. The number of rotatable bonds is 6. The molecule has 2 aromatic carbocycles. The minimum Gasteiger partial charge on any atom is -0.478 e. The first-order valence-electron chi connectivity index (χ1n) is 9.57. The second kappa shape index (κ2) is 8.90. The van der Waals surface area contributed by atoms with E-state index in [0.717, 1.165) is 5.56 Å². The number of nitrogens with zero attached hydrogens (tertiary/aromatic N) is 1. The molecule has 156 valence electrons. The number of esters is 1. The van der Waals surface area contributed by atoms with Crippen molar-refractivity contribution in [1.29, 1.82) is 0 Å². The Morgan fingerprint density at radius 1 is 1.20 bits per heavy atom. The fraction of sp³-hybridized carbons (Fsp3) is 0.261. The molecule has 1 atom stereocenters. The second-order valence-corrected chi connectivity index (χ2v) is 7.01. The first-order valence-corrected chi connectivity index (χ1v) is 9.57. The van der Waals surface area contributed by atoms with Crippen LogP contribution >= 0.6 is 0 Å². The van der Waals surface area contributed by atoms with Crippen molar-refractivity contribution in [2.24, 2.45) is 0 Å². The molecule has 1 heterocycles. The zero-order chi connectivity index (χ0) is 21.8. The SMILES string of the molecule is CCOC(=O)C1=C(C)N(Cc2ccc(C(=O)O)cc2)C(=O)CC1c1cccc(F)c1. The monoisotopic (exact) mass is 411 g/mol. The van der Waals surface area contributed by atoms with E-state index in [4.69, 9.17) is 9.84 Å². The highest BCUT2D eigenvalue weighted by atomic mass is 19.1. The Balaban J connectivity index is 1.99. The Morgan fingerprint density at radius 2 is 1.90 bits per heavy atom. The fourth-order valence-electron chi connectivity index (χ4n) is 3.62. The molecule has 0 bridgehead atoms. The van der Waals surface area contributed by atoms with Crippen LogP contribution in [0.3, 0.4) is 0 Å². The summed E-state index contributed by atoms with van der Waals surface area (Å²) in [5, 5.41) is 9.03. The van der Waals surface area contributed by atoms with E-state index in [2.05, 4.69) is 0 Å². The highest BCUT2D eigenvalue weighted by molar-refractivity contribution is 5.96. The highest BCUT2D eigenvalue weighted by Crippen LogP contribution is 2.37. The molecule has 0 spiro atoms. The van der Waals surface area contributed by atoms with E-state index >= 15 is 0 Å². The molecule has 7 heteroatoms. The summed E-state index contributed by atoms with van der Waals surface area (Å²) in [6, 6.07) is 12.1. The van der Waals surface area contributed by atoms with Gasteiger partial charge < -0.3 is 14.7 Å². The summed E-state index contributed by atoms with van der Waals surface area (Å²) in [5.74, 6) is -2.83. The molecule has 30 heavy (non-hydrogen) atoms. The second-order valence-electron chi connectivity index (χ2n) is 7.01. The molecule has 3 rings (SSSR count). The van der Waals surface area contributed by atoms with Gasteiger partial charge in [-0.15, -0.1) is 0 Å². The van der Waals surface area contributed by atoms with Crippen LogP contribution in [0.2, 0.25) is 0 Å². The first-order chi connectivity index (χ1) is 14.3. The summed E-state index contributed by atoms with van der Waals surface area (Å²) in [4.78, 5) is 38.2. The predicted molar refractivity (Wildman–Crippen MR) is 107 cm³/mol. The molecule has 1 aliphatic rings. The number of aromatic carboxylic acids is 1. The standard InChI is InChI=1S/C23H22FNO5/c1-3-30-23(29)21-14(2)25(13-15-7-9-16(10-8-15)22(27)28)20(26)12-19(21)17-5-4-6-18(24)11-17/h4-11,19H,3,12-13H2,1-2H3,(H,27,28). The smallest absolute Gasteiger partial charge is 0.336 e. The molecule has 0 saturated carbocycles. The maximum absolute atomic E-state index is 13.8. The topological polar surface area (TPSA) is 83.9 Å². The van der Waals surface area contributed by atoms with Gasteiger partial charge in [-0.3, -0.25) is 4.79 Å². The molecule has 0 aromatic heterocycles. The van der Waals surface area contributed by atoms with Crippen molar-refractivity contribution < 1.29 is 28.6 Å². The van der Waals surface area contributed by atoms with Crippen molar-refractivity contribution in [2.75, 3.05) is 6.61 Å². The van der Waals surface area contributed by atoms with Gasteiger partial charge in [0.15, 0.2) is 0 Å². The predicted octanol–water partition coefficient (Wildman–Crippen LogP) is 3.88. The van der Waals surface area contributed by atoms with E-state index in [1.807, 2.05) is 0 Å². The number of carboxylic acids is 1. The van der Waals surface area contributed by atoms with Crippen LogP contribution in [0.5, 0.6) is 0 Å². The van der Waals surface area contributed by atoms with Gasteiger partial charge in [0.1, 0.15) is 5.82 Å². The molecule has 2 aromatic rings. The number of benzene rings is 2. The maximum atomic E-state index is 13.8. The van der Waals surface area contributed by atoms with Crippen molar-refractivity contribution in [3.05, 3.63) is 82.3 Å². The molecule has 1 amide bonds. The Labute approximate surface area is 173 Å². The lowest BCUT2D eigenvalue weighted by molar-refractivity contribution is -0.140. The van der Waals surface area contributed by atoms with Gasteiger partial charge in [-0.1, -0.05) is 24.3 Å². The van der Waals surface area contributed by atoms with E-state index < -0.39 is 23.7 Å². The average molecular weight is 411 g/mol. The quantitative estimate of drug-likeness (QED) is 0.730. The minimum absolute atomic E-state index is 0.00213. The zero-order valence-electron chi connectivity index (χ0n) is 16.7. The van der Waals surface area contributed by atoms with Gasteiger partial charge in [0.25, 0.3) is 0 Å². The molecule has 0 saturated heterocycles. The number of carbonyl (C=O) groups is 3. The van der Waals surface area contributed by atoms with Crippen molar-refractivity contribution in [3.63, 3.8) is 0 Å². The van der Waals surface area contributed by atoms with Crippen molar-refractivity contribution in [1.82, 2.24) is 4.90 Å². The lowest BCUT2D eigenvalue weighted by Crippen LogP contribution is -2.38. The summed E-state index contributed by atoms with van der Waals surface area (Å²) in [6.07, 6.45) is 0.00213. The van der Waals surface area contributed by atoms with E-state index in [9.17, 15) is 18.8 Å². The largest absolute Gasteiger partial charge is 0.478 e. The summed E-state index contributed by atoms with van der Waals surface area (Å²) in [6.45, 7) is 3.72. The number of carboxylic acid groups (broad SMARTS) is 1. The third kappa shape index (κ3) is 4.40. The van der Waals surface area contributed by atoms with E-state index in [0.29, 0.717) is 16.8 Å². The van der Waals surface area contributed by atoms with Crippen LogP contribution in [0.25, 0.3) is 0 Å². The van der Waals surface area contributed by atoms with E-state index in [1.165, 1.54) is 29.2 Å². The summed E-state index contributed by atoms with van der Waals surface area (Å²) >= 11 is 0. The van der Waals surface area contributed by atoms with Gasteiger partial charge in [-0.2, -0.15) is 0 Å². The third-order valence-electron chi connectivity index (χ3n) is 5.11. The lowest BCUT2D eigenvalue weighted by Gasteiger charge is -2.34. The Hall–Kier alpha value is -3.48. The van der Waals surface area contributed by atoms with Crippen LogP contribution in [0.15, 0.2) is 59.8 Å². The number of ether oxygens (including phenoxy) is 1. The van der Waals surface area contributed by atoms with Crippen LogP contribution < -0.4 is 0 Å². The third-order valence-corrected chi connectivity index (χ3v) is 5.11. The van der Waals surface area contributed by atoms with Crippen LogP contribution in [-0.2, 0) is 20.9 Å². The lowest BCUT2D eigenvalue weighted by atomic mass is 9.83. The normalized spacial score (nSPS) is 16.6. The first kappa shape index (κ1) is 21.2. The maximum Gasteiger partial charge on any atom is 0.336 e. The van der Waals surface area contributed by atoms with Crippen LogP contribution in [0.4, 0.5) is 4.39 Å². The number of carbonyl (C=O) groups excluding carboxylic acids is 2. The number of hydrogen-bond donors (Lipinski definition) is 1. The van der Waals surface area contributed by atoms with Gasteiger partial charge in [-0.25, -0.2) is 14.0 Å². The number of halogens is 1. The number of hydrogen-bond acceptors (Lipinski definition) is 4. The van der Waals surface area contributed by atoms with E-state index in [1.54, 1.807) is 38.1 Å². The van der Waals surface area contributed by atoms with Crippen molar-refractivity contribution >= 4 is 17.8 Å². The summed E-state index contributed by atoms with van der Waals surface area (Å²) in [5.41, 5.74) is 2.18. The van der Waals surface area contributed by atoms with Gasteiger partial charge in [-0.05, 0) is 49.2 Å². The molecule has 0 fully saturated rings. The molecular formula is C23H22FNO5. The van der Waals surface area contributed by atoms with Gasteiger partial charge >= 0.3 is 11.9 Å². The Morgan fingerprint density at radius 3 is 2.50 bits per heavy atom. The van der Waals surface area contributed by atoms with E-state index in [-0.39, 0.29) is 31.0 Å². The molecule has 1 unspecified atom stereocenters. The van der Waals surface area contributed by atoms with Crippen LogP contribution in [0.1, 0.15) is 47.7 Å². The average Bonchev–Trinajstić information content (AvgIpc) is 2.71. The Kier molecular flexibility index (Phi) is 6.30. The zero-order valence-corrected chi connectivity index (χ0v) is 16.7. The number of allylic oxidation sites excluding steroid dienone is 1. The van der Waals surface area contributed by atoms with Gasteiger partial charge in [0, 0.05) is 18.0 Å². The molecule has 1 aliphatic heterocycles. The van der Waals surface area contributed by atoms with Crippen LogP contribution in [-0.4, -0.2) is 34.5 Å². The van der Waals surface area contributed by atoms with Gasteiger partial charge in [0.05, 0.1) is 24.3 Å². The summed E-state index contributed by atoms with van der Waals surface area (Å²) in [7, 11) is 0. The Bertz CT molecular complexity index is 1010. The molecule has 6 nitrogen and oxygen atoms in total. The fourth-order valence-corrected chi connectivity index (χ4v) is 3.62. The van der Waals surface area contributed by atoms with Crippen molar-refractivity contribution in [2.45, 2.75) is 32.7 Å². The molecule has 0 aliphatic carbocycles. The van der Waals surface area contributed by atoms with Gasteiger partial charge in [0.2, 0.25) is 5.91 Å². The van der Waals surface area contributed by atoms with Crippen LogP contribution in [0, 0.1) is 5.82 Å². The molecular weight excluding hydrogens is 389 g/mol.